The Morgan fingerprint density at radius 1 is 0.919 bits per heavy atom. The number of ether oxygens (including phenoxy) is 1. The number of benzene rings is 3. The highest BCUT2D eigenvalue weighted by Gasteiger charge is 2.68. The number of carbonyl (C=O) groups is 4. The van der Waals surface area contributed by atoms with Crippen molar-refractivity contribution in [1.82, 2.24) is 9.78 Å². The van der Waals surface area contributed by atoms with Gasteiger partial charge >= 0.3 is 12.4 Å². The van der Waals surface area contributed by atoms with Gasteiger partial charge in [-0.1, -0.05) is 39.2 Å². The fraction of sp³-hybridized carbons (Fsp3) is 0.326. The molecule has 2 aromatic heterocycles. The molecule has 19 heteroatoms. The molecule has 6 atom stereocenters. The number of anilines is 2. The number of rotatable bonds is 5. The second-order valence-corrected chi connectivity index (χ2v) is 18.6. The number of halogens is 8. The maximum absolute atomic E-state index is 15.2. The van der Waals surface area contributed by atoms with Gasteiger partial charge in [-0.2, -0.15) is 31.4 Å². The number of aryl methyl sites for hydroxylation is 2. The molecule has 0 radical (unpaired) electrons. The summed E-state index contributed by atoms with van der Waals surface area (Å²) in [4.78, 5) is 61.0. The molecule has 322 valence electrons. The summed E-state index contributed by atoms with van der Waals surface area (Å²) in [5, 5.41) is 17.9. The maximum atomic E-state index is 15.2. The van der Waals surface area contributed by atoms with Crippen molar-refractivity contribution in [2.45, 2.75) is 45.0 Å². The van der Waals surface area contributed by atoms with E-state index in [9.17, 15) is 45.8 Å². The number of thiophene rings is 1. The lowest BCUT2D eigenvalue weighted by atomic mass is 9.51. The van der Waals surface area contributed by atoms with Gasteiger partial charge in [0.05, 0.1) is 52.0 Å². The van der Waals surface area contributed by atoms with E-state index in [1.54, 1.807) is 38.2 Å². The first-order valence-corrected chi connectivity index (χ1v) is 21.1. The predicted octanol–water partition coefficient (Wildman–Crippen LogP) is 10.2. The number of hydrogen-bond donors (Lipinski definition) is 1. The standard InChI is InChI=1S/C43H32BrClF6N4O6S/c1-17-25-14-21(45)5-8-31(25)62-36(17)29-16-32(53(3)52-29)55-38(58)28-15-26-23(34(41(28,2)40(55)60)27-12-20(44)13-30(61-4)35(27)56)6-7-24-33(26)39(59)54(37(24)57)22-10-18(42(46,47)48)9-19(11-22)43(49,50)51/h5-6,8-14,16,24,26,28,33-34,56H,7,15H2,1-4H3. The summed E-state index contributed by atoms with van der Waals surface area (Å²) in [6.07, 6.45) is -9.25. The van der Waals surface area contributed by atoms with E-state index < -0.39 is 87.8 Å². The highest BCUT2D eigenvalue weighted by Crippen LogP contribution is 2.65. The fourth-order valence-electron chi connectivity index (χ4n) is 10.1. The number of imide groups is 2. The van der Waals surface area contributed by atoms with Crippen molar-refractivity contribution >= 4 is 84.1 Å². The molecule has 4 amide bonds. The molecule has 3 fully saturated rings. The van der Waals surface area contributed by atoms with E-state index in [0.29, 0.717) is 37.8 Å². The lowest BCUT2D eigenvalue weighted by Gasteiger charge is -2.49. The van der Waals surface area contributed by atoms with E-state index >= 15 is 4.79 Å². The first kappa shape index (κ1) is 42.1. The minimum Gasteiger partial charge on any atom is -0.504 e. The summed E-state index contributed by atoms with van der Waals surface area (Å²) in [5.41, 5.74) is -4.06. The molecule has 62 heavy (non-hydrogen) atoms. The van der Waals surface area contributed by atoms with E-state index in [-0.39, 0.29) is 41.8 Å². The number of phenolic OH excluding ortho intramolecular Hbond substituents is 1. The summed E-state index contributed by atoms with van der Waals surface area (Å²) >= 11 is 11.2. The van der Waals surface area contributed by atoms with Crippen molar-refractivity contribution in [1.29, 1.82) is 0 Å². The number of amides is 4. The lowest BCUT2D eigenvalue weighted by molar-refractivity contribution is -0.143. The summed E-state index contributed by atoms with van der Waals surface area (Å²) in [5.74, 6) is -9.55. The Labute approximate surface area is 365 Å². The third kappa shape index (κ3) is 6.13. The number of methoxy groups -OCH3 is 1. The predicted molar refractivity (Wildman–Crippen MR) is 220 cm³/mol. The minimum absolute atomic E-state index is 0.0131. The molecule has 4 aliphatic rings. The Balaban J connectivity index is 1.17. The van der Waals surface area contributed by atoms with Crippen molar-refractivity contribution in [2.24, 2.45) is 36.1 Å². The molecule has 9 rings (SSSR count). The third-order valence-electron chi connectivity index (χ3n) is 12.9. The number of aromatic hydroxyl groups is 1. The second kappa shape index (κ2) is 14.2. The molecule has 4 heterocycles. The van der Waals surface area contributed by atoms with Gasteiger partial charge < -0.3 is 9.84 Å². The van der Waals surface area contributed by atoms with Crippen molar-refractivity contribution in [2.75, 3.05) is 16.9 Å². The van der Waals surface area contributed by atoms with Crippen LogP contribution in [-0.4, -0.2) is 45.6 Å². The van der Waals surface area contributed by atoms with Gasteiger partial charge in [0.25, 0.3) is 0 Å². The topological polar surface area (TPSA) is 122 Å². The van der Waals surface area contributed by atoms with Crippen LogP contribution in [0.15, 0.2) is 70.7 Å². The highest BCUT2D eigenvalue weighted by atomic mass is 79.9. The van der Waals surface area contributed by atoms with Crippen LogP contribution in [0.1, 0.15) is 47.9 Å². The minimum atomic E-state index is -5.25. The van der Waals surface area contributed by atoms with Crippen molar-refractivity contribution in [3.8, 4) is 22.1 Å². The fourth-order valence-corrected chi connectivity index (χ4v) is 11.9. The first-order valence-electron chi connectivity index (χ1n) is 19.1. The van der Waals surface area contributed by atoms with Gasteiger partial charge in [0.15, 0.2) is 11.5 Å². The molecular weight excluding hydrogens is 930 g/mol. The molecular formula is C43H32BrClF6N4O6S. The molecule has 6 unspecified atom stereocenters. The Kier molecular flexibility index (Phi) is 9.62. The number of fused-ring (bicyclic) bond motifs is 5. The normalized spacial score (nSPS) is 25.1. The number of allylic oxidation sites excluding steroid dienone is 2. The van der Waals surface area contributed by atoms with Crippen molar-refractivity contribution in [3.05, 3.63) is 98.0 Å². The van der Waals surface area contributed by atoms with Gasteiger partial charge in [-0.05, 0) is 92.1 Å². The monoisotopic (exact) mass is 960 g/mol. The first-order chi connectivity index (χ1) is 29.1. The zero-order valence-electron chi connectivity index (χ0n) is 32.8. The molecule has 0 bridgehead atoms. The van der Waals surface area contributed by atoms with E-state index in [1.807, 2.05) is 19.1 Å². The smallest absolute Gasteiger partial charge is 0.416 e. The van der Waals surface area contributed by atoms with E-state index in [1.165, 1.54) is 29.2 Å². The molecule has 2 aliphatic carbocycles. The molecule has 1 saturated carbocycles. The summed E-state index contributed by atoms with van der Waals surface area (Å²) in [6, 6.07) is 10.7. The van der Waals surface area contributed by atoms with E-state index in [2.05, 4.69) is 15.9 Å². The summed E-state index contributed by atoms with van der Waals surface area (Å²) in [6.45, 7) is 3.50. The number of aromatic nitrogens is 2. The van der Waals surface area contributed by atoms with Crippen LogP contribution in [0.25, 0.3) is 20.7 Å². The number of phenols is 1. The molecule has 0 spiro atoms. The molecule has 2 aliphatic heterocycles. The van der Waals surface area contributed by atoms with Crippen LogP contribution in [0.2, 0.25) is 5.02 Å². The van der Waals surface area contributed by atoms with Crippen LogP contribution in [0.3, 0.4) is 0 Å². The Morgan fingerprint density at radius 3 is 2.24 bits per heavy atom. The molecule has 1 N–H and O–H groups in total. The van der Waals surface area contributed by atoms with Gasteiger partial charge in [0, 0.05) is 38.8 Å². The van der Waals surface area contributed by atoms with Crippen molar-refractivity contribution in [3.63, 3.8) is 0 Å². The van der Waals surface area contributed by atoms with Gasteiger partial charge in [-0.15, -0.1) is 11.3 Å². The van der Waals surface area contributed by atoms with E-state index in [4.69, 9.17) is 21.4 Å². The molecule has 2 saturated heterocycles. The average molecular weight is 962 g/mol. The number of alkyl halides is 6. The van der Waals surface area contributed by atoms with Gasteiger partial charge in [-0.25, -0.2) is 9.80 Å². The van der Waals surface area contributed by atoms with Gasteiger partial charge in [0.2, 0.25) is 23.6 Å². The van der Waals surface area contributed by atoms with Crippen LogP contribution >= 0.6 is 38.9 Å². The highest BCUT2D eigenvalue weighted by molar-refractivity contribution is 9.10. The second-order valence-electron chi connectivity index (χ2n) is 16.2. The Bertz CT molecular complexity index is 2820. The zero-order valence-corrected chi connectivity index (χ0v) is 35.9. The Hall–Kier alpha value is -5.20. The SMILES string of the molecule is COc1cc(Br)cc(C2C3=CCC4C(=O)N(c5cc(C(F)(F)F)cc(C(F)(F)F)c5)C(=O)C4C3CC3C(=O)N(c4cc(-c5sc6ccc(Cl)cc6c5C)nn4C)C(=O)C32C)c1O. The number of hydrogen-bond acceptors (Lipinski definition) is 8. The quantitative estimate of drug-likeness (QED) is 0.106. The molecule has 5 aromatic rings. The molecule has 3 aromatic carbocycles. The van der Waals surface area contributed by atoms with Gasteiger partial charge in [-0.3, -0.25) is 23.9 Å². The Morgan fingerprint density at radius 2 is 1.60 bits per heavy atom. The van der Waals surface area contributed by atoms with Crippen molar-refractivity contribution < 1.29 is 55.4 Å². The van der Waals surface area contributed by atoms with E-state index in [0.717, 1.165) is 25.4 Å². The maximum Gasteiger partial charge on any atom is 0.416 e. The third-order valence-corrected chi connectivity index (χ3v) is 14.9. The van der Waals surface area contributed by atoms with Crippen LogP contribution in [-0.2, 0) is 38.6 Å². The van der Waals surface area contributed by atoms with Crippen LogP contribution in [0.4, 0.5) is 37.8 Å². The number of carbonyl (C=O) groups excluding carboxylic acids is 4. The zero-order chi connectivity index (χ0) is 44.7. The number of nitrogens with zero attached hydrogens (tertiary/aromatic N) is 4. The van der Waals surface area contributed by atoms with Crippen LogP contribution in [0, 0.1) is 36.0 Å². The summed E-state index contributed by atoms with van der Waals surface area (Å²) in [7, 11) is 2.89. The van der Waals surface area contributed by atoms with Crippen LogP contribution < -0.4 is 14.5 Å². The van der Waals surface area contributed by atoms with Crippen LogP contribution in [0.5, 0.6) is 11.5 Å². The average Bonchev–Trinajstić information content (AvgIpc) is 3.87. The lowest BCUT2D eigenvalue weighted by Crippen LogP contribution is -2.49. The largest absolute Gasteiger partial charge is 0.504 e. The van der Waals surface area contributed by atoms with Gasteiger partial charge in [0.1, 0.15) is 11.5 Å². The molecule has 10 nitrogen and oxygen atoms in total. The summed E-state index contributed by atoms with van der Waals surface area (Å²) < 4.78 is 92.0.